The lowest BCUT2D eigenvalue weighted by molar-refractivity contribution is -0.132. The lowest BCUT2D eigenvalue weighted by Gasteiger charge is -2.16. The largest absolute Gasteiger partial charge is 0.507 e. The van der Waals surface area contributed by atoms with Gasteiger partial charge in [-0.1, -0.05) is 60.7 Å². The van der Waals surface area contributed by atoms with Gasteiger partial charge in [0.05, 0.1) is 11.4 Å². The van der Waals surface area contributed by atoms with Gasteiger partial charge in [-0.2, -0.15) is 16.8 Å². The second-order valence-corrected chi connectivity index (χ2v) is 15.2. The number of nitrogens with one attached hydrogen (secondary N) is 4. The van der Waals surface area contributed by atoms with Crippen LogP contribution in [-0.4, -0.2) is 59.8 Å². The van der Waals surface area contributed by atoms with Gasteiger partial charge in [-0.3, -0.25) is 28.3 Å². The van der Waals surface area contributed by atoms with Crippen LogP contribution < -0.4 is 21.3 Å². The molecule has 0 saturated heterocycles. The molecule has 0 fully saturated rings. The number of carbonyl (C=O) groups is 4. The Kier molecular flexibility index (Phi) is 10.2. The molecule has 6 rings (SSSR count). The summed E-state index contributed by atoms with van der Waals surface area (Å²) >= 11 is 0. The summed E-state index contributed by atoms with van der Waals surface area (Å²) in [6, 6.07) is 21.8. The van der Waals surface area contributed by atoms with Gasteiger partial charge < -0.3 is 31.5 Å². The van der Waals surface area contributed by atoms with E-state index in [1.54, 1.807) is 26.0 Å². The number of benzene rings is 6. The molecule has 4 amide bonds. The molecule has 286 valence electrons. The summed E-state index contributed by atoms with van der Waals surface area (Å²) in [6.45, 7) is 3.12. The van der Waals surface area contributed by atoms with Gasteiger partial charge in [0.1, 0.15) is 21.3 Å². The minimum absolute atomic E-state index is 0.00814. The first-order valence-corrected chi connectivity index (χ1v) is 19.1. The predicted octanol–water partition coefficient (Wildman–Crippen LogP) is 5.60. The van der Waals surface area contributed by atoms with Crippen molar-refractivity contribution in [3.63, 3.8) is 0 Å². The molecule has 0 aromatic heterocycles. The fourth-order valence-electron chi connectivity index (χ4n) is 5.95. The standard InChI is InChI=1S/C38H30N4O12S2/c1-19-11-13-21(15-27(19)35(45)41-33-25-9-5-3-7-23(25)29(43)17-31(33)55(49,50)51)39-37(47)38(48)40-22-14-12-20(2)28(16-22)36(46)42-34-26-10-6-4-8-24(26)30(44)18-32(34)56(52,53)54/h3-18,43-44H,1-2H3,(H,39,47)(H,40,48)(H,41,45)(H,42,46)(H,49,50,51)(H,52,53,54). The number of fused-ring (bicyclic) bond motifs is 2. The van der Waals surface area contributed by atoms with Crippen LogP contribution in [0.1, 0.15) is 31.8 Å². The number of anilines is 4. The van der Waals surface area contributed by atoms with Crippen LogP contribution in [0.3, 0.4) is 0 Å². The van der Waals surface area contributed by atoms with E-state index in [1.165, 1.54) is 72.8 Å². The summed E-state index contributed by atoms with van der Waals surface area (Å²) < 4.78 is 68.5. The molecular formula is C38H30N4O12S2. The molecule has 0 aliphatic heterocycles. The van der Waals surface area contributed by atoms with Crippen molar-refractivity contribution in [2.75, 3.05) is 21.3 Å². The van der Waals surface area contributed by atoms with E-state index in [0.29, 0.717) is 11.1 Å². The number of hydrogen-bond donors (Lipinski definition) is 8. The highest BCUT2D eigenvalue weighted by Crippen LogP contribution is 2.39. The fourth-order valence-corrected chi connectivity index (χ4v) is 7.31. The molecule has 0 aliphatic rings. The first kappa shape index (κ1) is 38.9. The number of phenols is 2. The molecule has 0 aliphatic carbocycles. The van der Waals surface area contributed by atoms with Crippen LogP contribution in [0, 0.1) is 13.8 Å². The topological polar surface area (TPSA) is 266 Å². The molecule has 0 heterocycles. The van der Waals surface area contributed by atoms with Crippen molar-refractivity contribution < 1.29 is 55.3 Å². The van der Waals surface area contributed by atoms with E-state index in [1.807, 2.05) is 0 Å². The monoisotopic (exact) mass is 798 g/mol. The van der Waals surface area contributed by atoms with Gasteiger partial charge in [-0.15, -0.1) is 0 Å². The van der Waals surface area contributed by atoms with E-state index >= 15 is 0 Å². The van der Waals surface area contributed by atoms with Crippen molar-refractivity contribution in [3.05, 3.63) is 119 Å². The normalized spacial score (nSPS) is 11.6. The molecule has 6 aromatic rings. The van der Waals surface area contributed by atoms with Gasteiger partial charge in [0.15, 0.2) is 0 Å². The third-order valence-electron chi connectivity index (χ3n) is 8.69. The second kappa shape index (κ2) is 14.8. The number of amides is 4. The Balaban J connectivity index is 1.21. The summed E-state index contributed by atoms with van der Waals surface area (Å²) in [7, 11) is -9.85. The Morgan fingerprint density at radius 3 is 1.16 bits per heavy atom. The number of hydrogen-bond acceptors (Lipinski definition) is 10. The van der Waals surface area contributed by atoms with Gasteiger partial charge >= 0.3 is 11.8 Å². The maximum absolute atomic E-state index is 13.5. The number of aromatic hydroxyl groups is 2. The van der Waals surface area contributed by atoms with Crippen LogP contribution in [0.2, 0.25) is 0 Å². The Bertz CT molecular complexity index is 2700. The van der Waals surface area contributed by atoms with Crippen molar-refractivity contribution >= 4 is 88.2 Å². The average molecular weight is 799 g/mol. The number of rotatable bonds is 8. The van der Waals surface area contributed by atoms with Crippen LogP contribution in [0.15, 0.2) is 107 Å². The second-order valence-electron chi connectivity index (χ2n) is 12.5. The minimum Gasteiger partial charge on any atom is -0.507 e. The summed E-state index contributed by atoms with van der Waals surface area (Å²) in [5, 5.41) is 31.0. The Hall–Kier alpha value is -6.86. The van der Waals surface area contributed by atoms with E-state index in [2.05, 4.69) is 21.3 Å². The van der Waals surface area contributed by atoms with Crippen molar-refractivity contribution in [1.29, 1.82) is 0 Å². The number of aryl methyl sites for hydroxylation is 2. The zero-order valence-corrected chi connectivity index (χ0v) is 30.7. The van der Waals surface area contributed by atoms with Crippen LogP contribution in [0.4, 0.5) is 22.7 Å². The lowest BCUT2D eigenvalue weighted by Crippen LogP contribution is -2.29. The van der Waals surface area contributed by atoms with Crippen molar-refractivity contribution in [3.8, 4) is 11.5 Å². The minimum atomic E-state index is -4.92. The van der Waals surface area contributed by atoms with Gasteiger partial charge in [0.25, 0.3) is 32.1 Å². The maximum atomic E-state index is 13.5. The molecule has 0 radical (unpaired) electrons. The maximum Gasteiger partial charge on any atom is 0.314 e. The van der Waals surface area contributed by atoms with Crippen molar-refractivity contribution in [2.45, 2.75) is 23.6 Å². The molecule has 0 saturated carbocycles. The highest BCUT2D eigenvalue weighted by atomic mass is 32.2. The van der Waals surface area contributed by atoms with E-state index in [-0.39, 0.29) is 55.4 Å². The molecule has 16 nitrogen and oxygen atoms in total. The average Bonchev–Trinajstić information content (AvgIpc) is 3.14. The van der Waals surface area contributed by atoms with Gasteiger partial charge in [0, 0.05) is 56.2 Å². The summed E-state index contributed by atoms with van der Waals surface area (Å²) in [4.78, 5) is 51.5. The SMILES string of the molecule is Cc1ccc(NC(=O)C(=O)Nc2ccc(C)c(C(=O)Nc3c(S(=O)(=O)O)cc(O)c4ccccc34)c2)cc1C(=O)Nc1c(S(=O)(=O)O)cc(O)c2ccccc12. The van der Waals surface area contributed by atoms with E-state index in [4.69, 9.17) is 0 Å². The zero-order chi connectivity index (χ0) is 40.7. The molecular weight excluding hydrogens is 769 g/mol. The quantitative estimate of drug-likeness (QED) is 0.0532. The molecule has 0 bridgehead atoms. The Labute approximate surface area is 318 Å². The first-order chi connectivity index (χ1) is 26.3. The summed E-state index contributed by atoms with van der Waals surface area (Å²) in [6.07, 6.45) is 0. The smallest absolute Gasteiger partial charge is 0.314 e. The third-order valence-corrected chi connectivity index (χ3v) is 10.4. The number of phenolic OH excluding ortho intramolecular Hbond substituents is 2. The fraction of sp³-hybridized carbons (Fsp3) is 0.0526. The van der Waals surface area contributed by atoms with Crippen molar-refractivity contribution in [1.82, 2.24) is 0 Å². The summed E-state index contributed by atoms with van der Waals surface area (Å²) in [5.41, 5.74) is 0.0501. The molecule has 0 atom stereocenters. The highest BCUT2D eigenvalue weighted by molar-refractivity contribution is 7.86. The van der Waals surface area contributed by atoms with Crippen LogP contribution in [-0.2, 0) is 29.8 Å². The summed E-state index contributed by atoms with van der Waals surface area (Å²) in [5.74, 6) is -4.96. The highest BCUT2D eigenvalue weighted by Gasteiger charge is 2.26. The number of carbonyl (C=O) groups excluding carboxylic acids is 4. The van der Waals surface area contributed by atoms with Crippen molar-refractivity contribution in [2.24, 2.45) is 0 Å². The molecule has 18 heteroatoms. The Morgan fingerprint density at radius 1 is 0.482 bits per heavy atom. The van der Waals surface area contributed by atoms with E-state index < -0.39 is 65.2 Å². The molecule has 8 N–H and O–H groups in total. The predicted molar refractivity (Wildman–Crippen MR) is 206 cm³/mol. The lowest BCUT2D eigenvalue weighted by atomic mass is 10.0. The van der Waals surface area contributed by atoms with Gasteiger partial charge in [0.2, 0.25) is 0 Å². The molecule has 56 heavy (non-hydrogen) atoms. The zero-order valence-electron chi connectivity index (χ0n) is 29.1. The first-order valence-electron chi connectivity index (χ1n) is 16.2. The molecule has 0 spiro atoms. The van der Waals surface area contributed by atoms with Crippen LogP contribution >= 0.6 is 0 Å². The van der Waals surface area contributed by atoms with Gasteiger partial charge in [-0.25, -0.2) is 0 Å². The van der Waals surface area contributed by atoms with E-state index in [9.17, 15) is 55.3 Å². The third kappa shape index (κ3) is 7.84. The van der Waals surface area contributed by atoms with E-state index in [0.717, 1.165) is 12.1 Å². The van der Waals surface area contributed by atoms with Crippen LogP contribution in [0.5, 0.6) is 11.5 Å². The van der Waals surface area contributed by atoms with Gasteiger partial charge in [-0.05, 0) is 49.2 Å². The molecule has 6 aromatic carbocycles. The molecule has 0 unspecified atom stereocenters. The van der Waals surface area contributed by atoms with Crippen LogP contribution in [0.25, 0.3) is 21.5 Å². The Morgan fingerprint density at radius 2 is 0.821 bits per heavy atom.